The van der Waals surface area contributed by atoms with Crippen molar-refractivity contribution in [3.8, 4) is 0 Å². The number of benzene rings is 2. The molecule has 2 aromatic carbocycles. The van der Waals surface area contributed by atoms with E-state index in [-0.39, 0.29) is 17.6 Å². The van der Waals surface area contributed by atoms with Crippen LogP contribution in [0, 0.1) is 5.92 Å². The normalized spacial score (nSPS) is 17.5. The minimum Gasteiger partial charge on any atom is -0.445 e. The molecule has 1 aliphatic heterocycles. The van der Waals surface area contributed by atoms with Crippen molar-refractivity contribution in [2.75, 3.05) is 39.8 Å². The maximum absolute atomic E-state index is 13.1. The number of carbonyl (C=O) groups excluding carboxylic acids is 1. The van der Waals surface area contributed by atoms with E-state index in [4.69, 9.17) is 4.74 Å². The van der Waals surface area contributed by atoms with Gasteiger partial charge in [-0.05, 0) is 90.6 Å². The van der Waals surface area contributed by atoms with Gasteiger partial charge in [0.1, 0.15) is 17.6 Å². The summed E-state index contributed by atoms with van der Waals surface area (Å²) in [5, 5.41) is 4.36. The molecular weight excluding hydrogens is 555 g/mol. The van der Waals surface area contributed by atoms with Gasteiger partial charge in [-0.25, -0.2) is 13.3 Å². The molecule has 1 saturated carbocycles. The number of hydrogen-bond donors (Lipinski definition) is 0. The van der Waals surface area contributed by atoms with Crippen LogP contribution in [0.25, 0.3) is 0 Å². The zero-order chi connectivity index (χ0) is 27.7. The first-order chi connectivity index (χ1) is 19.6. The minimum atomic E-state index is -1.17. The summed E-state index contributed by atoms with van der Waals surface area (Å²) in [7, 11) is 0.784. The first-order valence-corrected chi connectivity index (χ1v) is 16.5. The predicted octanol–water partition coefficient (Wildman–Crippen LogP) is 5.56. The van der Waals surface area contributed by atoms with E-state index in [1.807, 2.05) is 76.9 Å². The Balaban J connectivity index is 0.00000387. The molecule has 2 fully saturated rings. The molecule has 1 aromatic heterocycles. The average Bonchev–Trinajstić information content (AvgIpc) is 3.66. The van der Waals surface area contributed by atoms with E-state index >= 15 is 0 Å². The van der Waals surface area contributed by atoms with Gasteiger partial charge < -0.3 is 20.0 Å². The summed E-state index contributed by atoms with van der Waals surface area (Å²) >= 11 is 1.72. The lowest BCUT2D eigenvalue weighted by Gasteiger charge is -2.38. The molecule has 2 aliphatic rings. The van der Waals surface area contributed by atoms with E-state index in [9.17, 15) is 9.00 Å². The molecule has 0 bridgehead atoms. The van der Waals surface area contributed by atoms with Crippen LogP contribution < -0.4 is 0 Å². The Bertz CT molecular complexity index is 1200. The van der Waals surface area contributed by atoms with Gasteiger partial charge in [-0.3, -0.25) is 0 Å². The van der Waals surface area contributed by atoms with Gasteiger partial charge in [0.25, 0.3) is 0 Å². The van der Waals surface area contributed by atoms with Crippen LogP contribution in [0.4, 0.5) is 4.79 Å². The van der Waals surface area contributed by atoms with Crippen molar-refractivity contribution < 1.29 is 19.2 Å². The molecule has 2 unspecified atom stereocenters. The Morgan fingerprint density at radius 2 is 1.71 bits per heavy atom. The van der Waals surface area contributed by atoms with Crippen molar-refractivity contribution in [2.45, 2.75) is 55.6 Å². The summed E-state index contributed by atoms with van der Waals surface area (Å²) in [6.45, 7) is 4.87. The summed E-state index contributed by atoms with van der Waals surface area (Å²) in [4.78, 5) is 18.5. The highest BCUT2D eigenvalue weighted by Gasteiger charge is 2.34. The van der Waals surface area contributed by atoms with Crippen molar-refractivity contribution in [3.63, 3.8) is 0 Å². The zero-order valence-corrected chi connectivity index (χ0v) is 25.5. The van der Waals surface area contributed by atoms with Crippen LogP contribution >= 0.6 is 11.3 Å². The van der Waals surface area contributed by atoms with Gasteiger partial charge in [-0.15, -0.1) is 0 Å². The number of likely N-dealkylation sites (tertiary alicyclic amines) is 1. The van der Waals surface area contributed by atoms with E-state index in [0.717, 1.165) is 62.4 Å². The number of carbonyl (C=O) groups is 1. The second-order valence-electron chi connectivity index (χ2n) is 11.1. The number of hydrogen-bond acceptors (Lipinski definition) is 5. The SMILES string of the molecule is CN(CC(CCN1CCC(N(CC2CC2)C(=O)OCc2ccccc2)CC1)c1ccsc1)S(=O)c1ccccc1.O. The van der Waals surface area contributed by atoms with E-state index in [0.29, 0.717) is 18.4 Å². The molecule has 7 nitrogen and oxygen atoms in total. The number of likely N-dealkylation sites (N-methyl/N-ethyl adjacent to an activating group) is 1. The first kappa shape index (κ1) is 31.4. The number of thiophene rings is 1. The second kappa shape index (κ2) is 15.6. The lowest BCUT2D eigenvalue weighted by molar-refractivity contribution is 0.0580. The molecule has 3 aromatic rings. The third-order valence-electron chi connectivity index (χ3n) is 8.10. The number of piperidine rings is 1. The molecule has 41 heavy (non-hydrogen) atoms. The molecule has 222 valence electrons. The van der Waals surface area contributed by atoms with Gasteiger partial charge in [-0.1, -0.05) is 48.5 Å². The van der Waals surface area contributed by atoms with Crippen LogP contribution in [-0.2, 0) is 22.3 Å². The van der Waals surface area contributed by atoms with Crippen molar-refractivity contribution in [1.82, 2.24) is 14.1 Å². The smallest absolute Gasteiger partial charge is 0.410 e. The zero-order valence-electron chi connectivity index (χ0n) is 23.9. The van der Waals surface area contributed by atoms with Crippen molar-refractivity contribution in [3.05, 3.63) is 88.6 Å². The van der Waals surface area contributed by atoms with Crippen LogP contribution in [0.2, 0.25) is 0 Å². The average molecular weight is 598 g/mol. The maximum Gasteiger partial charge on any atom is 0.410 e. The van der Waals surface area contributed by atoms with Crippen LogP contribution in [-0.4, -0.2) is 75.7 Å². The summed E-state index contributed by atoms with van der Waals surface area (Å²) in [5.41, 5.74) is 2.35. The highest BCUT2D eigenvalue weighted by atomic mass is 32.2. The molecule has 1 aliphatic carbocycles. The van der Waals surface area contributed by atoms with Gasteiger partial charge >= 0.3 is 6.09 Å². The van der Waals surface area contributed by atoms with E-state index in [1.54, 1.807) is 11.3 Å². The van der Waals surface area contributed by atoms with Gasteiger partial charge in [0.05, 0.1) is 4.90 Å². The Morgan fingerprint density at radius 3 is 2.34 bits per heavy atom. The molecule has 5 rings (SSSR count). The van der Waals surface area contributed by atoms with Crippen LogP contribution in [0.5, 0.6) is 0 Å². The van der Waals surface area contributed by atoms with Gasteiger partial charge in [0, 0.05) is 39.3 Å². The summed E-state index contributed by atoms with van der Waals surface area (Å²) in [6, 6.07) is 22.1. The van der Waals surface area contributed by atoms with Gasteiger partial charge in [0.2, 0.25) is 0 Å². The molecule has 1 amide bonds. The third-order valence-corrected chi connectivity index (χ3v) is 10.2. The molecule has 2 atom stereocenters. The monoisotopic (exact) mass is 597 g/mol. The maximum atomic E-state index is 13.1. The lowest BCUT2D eigenvalue weighted by Crippen LogP contribution is -2.48. The number of amides is 1. The highest BCUT2D eigenvalue weighted by Crippen LogP contribution is 2.32. The van der Waals surface area contributed by atoms with Gasteiger partial charge in [-0.2, -0.15) is 11.3 Å². The van der Waals surface area contributed by atoms with Crippen LogP contribution in [0.3, 0.4) is 0 Å². The fraction of sp³-hybridized carbons (Fsp3) is 0.469. The second-order valence-corrected chi connectivity index (χ2v) is 13.5. The summed E-state index contributed by atoms with van der Waals surface area (Å²) < 4.78 is 20.8. The lowest BCUT2D eigenvalue weighted by atomic mass is 9.97. The minimum absolute atomic E-state index is 0. The quantitative estimate of drug-likeness (QED) is 0.258. The fourth-order valence-corrected chi connectivity index (χ4v) is 7.32. The number of rotatable bonds is 13. The van der Waals surface area contributed by atoms with Crippen molar-refractivity contribution >= 4 is 28.4 Å². The third kappa shape index (κ3) is 9.21. The fourth-order valence-electron chi connectivity index (χ4n) is 5.51. The topological polar surface area (TPSA) is 84.6 Å². The Kier molecular flexibility index (Phi) is 11.9. The Hall–Kier alpha value is -2.56. The molecule has 9 heteroatoms. The largest absolute Gasteiger partial charge is 0.445 e. The van der Waals surface area contributed by atoms with Gasteiger partial charge in [0.15, 0.2) is 0 Å². The predicted molar refractivity (Wildman–Crippen MR) is 166 cm³/mol. The Labute approximate surface area is 251 Å². The Morgan fingerprint density at radius 1 is 1.02 bits per heavy atom. The van der Waals surface area contributed by atoms with E-state index < -0.39 is 11.0 Å². The van der Waals surface area contributed by atoms with Crippen molar-refractivity contribution in [2.24, 2.45) is 5.92 Å². The molecule has 2 N–H and O–H groups in total. The molecular formula is C32H43N3O4S2. The van der Waals surface area contributed by atoms with E-state index in [2.05, 4.69) is 21.7 Å². The first-order valence-electron chi connectivity index (χ1n) is 14.5. The van der Waals surface area contributed by atoms with Crippen molar-refractivity contribution in [1.29, 1.82) is 0 Å². The molecule has 0 spiro atoms. The van der Waals surface area contributed by atoms with Crippen LogP contribution in [0.1, 0.15) is 49.1 Å². The summed E-state index contributed by atoms with van der Waals surface area (Å²) in [5.74, 6) is 0.952. The molecule has 0 radical (unpaired) electrons. The highest BCUT2D eigenvalue weighted by molar-refractivity contribution is 7.82. The molecule has 1 saturated heterocycles. The number of ether oxygens (including phenoxy) is 1. The summed E-state index contributed by atoms with van der Waals surface area (Å²) in [6.07, 6.45) is 5.25. The number of nitrogens with zero attached hydrogens (tertiary/aromatic N) is 3. The van der Waals surface area contributed by atoms with E-state index in [1.165, 1.54) is 18.4 Å². The standard InChI is InChI=1S/C32H41N3O3S2.H2O/c1-33(40(37)31-10-6-3-7-11-31)23-28(29-17-21-39-25-29)14-18-34-19-15-30(16-20-34)35(22-26-12-13-26)32(36)38-24-27-8-4-2-5-9-27;/h2-11,17,21,25-26,28,30H,12-16,18-20,22-24H2,1H3;1H2. The molecule has 2 heterocycles. The van der Waals surface area contributed by atoms with Crippen LogP contribution in [0.15, 0.2) is 82.4 Å².